The van der Waals surface area contributed by atoms with Gasteiger partial charge in [-0.1, -0.05) is 0 Å². The molecule has 0 saturated heterocycles. The van der Waals surface area contributed by atoms with Crippen molar-refractivity contribution in [1.82, 2.24) is 0 Å². The van der Waals surface area contributed by atoms with Gasteiger partial charge in [-0.05, 0) is 6.16 Å². The first kappa shape index (κ1) is 29.6. The second kappa shape index (κ2) is 22.5. The second-order valence-electron chi connectivity index (χ2n) is 0.250. The molecule has 0 aromatic carbocycles. The molecule has 0 rings (SSSR count). The summed E-state index contributed by atoms with van der Waals surface area (Å²) in [5.74, 6) is 0. The van der Waals surface area contributed by atoms with Crippen molar-refractivity contribution in [2.24, 2.45) is 0 Å². The fourth-order valence-electron chi connectivity index (χ4n) is 0. The van der Waals surface area contributed by atoms with Crippen LogP contribution in [0.2, 0.25) is 0 Å². The molecule has 32 valence electrons. The van der Waals surface area contributed by atoms with Gasteiger partial charge in [0.1, 0.15) is 0 Å². The summed E-state index contributed by atoms with van der Waals surface area (Å²) < 4.78 is 0. The molecule has 0 amide bonds. The quantitative estimate of drug-likeness (QED) is 0.358. The number of carbonyl (C=O) groups excluding carboxylic acids is 1. The first-order valence-electron chi connectivity index (χ1n) is 0.612. The molecule has 0 bridgehead atoms. The molecule has 0 atom stereocenters. The maximum absolute atomic E-state index is 8.33. The number of carboxylic acid groups (broad SMARTS) is 2. The Bertz CT molecular complexity index is 34.3. The van der Waals surface area contributed by atoms with Gasteiger partial charge in [-0.25, -0.2) is 0 Å². The normalized spacial score (nSPS) is 3.00. The molecule has 0 spiro atoms. The van der Waals surface area contributed by atoms with Gasteiger partial charge in [0.25, 0.3) is 0 Å². The fraction of sp³-hybridized carbons (Fsp3) is 0. The van der Waals surface area contributed by atoms with Gasteiger partial charge in [0, 0.05) is 0 Å². The number of hydrogen-bond acceptors (Lipinski definition) is 4. The minimum atomic E-state index is -2.33. The van der Waals surface area contributed by atoms with E-state index in [1.54, 1.807) is 0 Å². The topological polar surface area (TPSA) is 93.2 Å². The molecule has 0 aliphatic carbocycles. The molecule has 0 saturated carbocycles. The van der Waals surface area contributed by atoms with Crippen LogP contribution in [0.5, 0.6) is 0 Å². The fourth-order valence-corrected chi connectivity index (χ4v) is 0. The molecule has 0 aromatic heterocycles. The van der Waals surface area contributed by atoms with Gasteiger partial charge >= 0.3 is 154 Å². The summed E-state index contributed by atoms with van der Waals surface area (Å²) in [5, 5.41) is 16.7. The van der Waals surface area contributed by atoms with Gasteiger partial charge in [0.2, 0.25) is 0 Å². The van der Waals surface area contributed by atoms with E-state index in [2.05, 4.69) is 0 Å². The number of carbonyl (C=O) groups is 1. The molecule has 1 N–H and O–H groups in total. The molecule has 0 unspecified atom stereocenters. The zero-order valence-electron chi connectivity index (χ0n) is 5.17. The molecule has 7 heteroatoms. The van der Waals surface area contributed by atoms with Gasteiger partial charge in [-0.15, -0.1) is 0 Å². The average molecular weight is 194 g/mol. The van der Waals surface area contributed by atoms with Gasteiger partial charge < -0.3 is 20.5 Å². The molecule has 0 fully saturated rings. The smallest absolute Gasteiger partial charge is 0.870 e. The third kappa shape index (κ3) is 49.4. The van der Waals surface area contributed by atoms with Gasteiger partial charge in [0.05, 0.1) is 0 Å². The van der Waals surface area contributed by atoms with E-state index in [9.17, 15) is 0 Å². The zero-order valence-corrected chi connectivity index (χ0v) is 14.5. The SMILES string of the molecule is O=C([O-])[O-].[K+].[K+].[K+].[OH-]. The summed E-state index contributed by atoms with van der Waals surface area (Å²) in [4.78, 5) is 8.33. The van der Waals surface area contributed by atoms with E-state index >= 15 is 0 Å². The van der Waals surface area contributed by atoms with Crippen molar-refractivity contribution in [3.63, 3.8) is 0 Å². The minimum absolute atomic E-state index is 0. The molecule has 4 nitrogen and oxygen atoms in total. The number of rotatable bonds is 0. The first-order valence-corrected chi connectivity index (χ1v) is 0.612. The Morgan fingerprint density at radius 2 is 1.00 bits per heavy atom. The molecule has 0 aromatic rings. The van der Waals surface area contributed by atoms with Gasteiger partial charge in [-0.2, -0.15) is 0 Å². The molecular weight excluding hydrogens is 193 g/mol. The Morgan fingerprint density at radius 3 is 1.00 bits per heavy atom. The second-order valence-corrected chi connectivity index (χ2v) is 0.250. The predicted molar refractivity (Wildman–Crippen MR) is 7.33 cm³/mol. The van der Waals surface area contributed by atoms with E-state index in [1.807, 2.05) is 0 Å². The number of hydrogen-bond donors (Lipinski definition) is 0. The minimum Gasteiger partial charge on any atom is -0.870 e. The zero-order chi connectivity index (χ0) is 3.58. The Morgan fingerprint density at radius 1 is 1.00 bits per heavy atom. The molecule has 0 aliphatic heterocycles. The monoisotopic (exact) mass is 194 g/mol. The van der Waals surface area contributed by atoms with Crippen LogP contribution in [0.4, 0.5) is 4.79 Å². The van der Waals surface area contributed by atoms with Crippen molar-refractivity contribution in [2.45, 2.75) is 0 Å². The summed E-state index contributed by atoms with van der Waals surface area (Å²) in [6.45, 7) is 0. The first-order chi connectivity index (χ1) is 1.73. The Hall–Kier alpha value is 4.14. The average Bonchev–Trinajstić information content (AvgIpc) is 0.811. The van der Waals surface area contributed by atoms with Gasteiger partial charge in [-0.3, -0.25) is 0 Å². The largest absolute Gasteiger partial charge is 1.00 e. The molecule has 8 heavy (non-hydrogen) atoms. The van der Waals surface area contributed by atoms with Crippen LogP contribution in [0.15, 0.2) is 0 Å². The Labute approximate surface area is 175 Å². The van der Waals surface area contributed by atoms with Crippen molar-refractivity contribution in [2.75, 3.05) is 0 Å². The van der Waals surface area contributed by atoms with Crippen LogP contribution in [-0.2, 0) is 0 Å². The van der Waals surface area contributed by atoms with Crippen LogP contribution in [0.25, 0.3) is 0 Å². The van der Waals surface area contributed by atoms with Crippen molar-refractivity contribution < 1.29 is 175 Å². The predicted octanol–water partition coefficient (Wildman–Crippen LogP) is -11.6. The van der Waals surface area contributed by atoms with E-state index in [0.29, 0.717) is 0 Å². The van der Waals surface area contributed by atoms with E-state index in [1.165, 1.54) is 0 Å². The Balaban J connectivity index is -0.00000000750. The molecule has 0 heterocycles. The maximum atomic E-state index is 8.33. The van der Waals surface area contributed by atoms with E-state index in [-0.39, 0.29) is 160 Å². The van der Waals surface area contributed by atoms with E-state index in [4.69, 9.17) is 15.0 Å². The maximum Gasteiger partial charge on any atom is 1.00 e. The summed E-state index contributed by atoms with van der Waals surface area (Å²) in [6.07, 6.45) is -2.33. The standard InChI is InChI=1S/CH2O3.3K.H2O/c2-1(3)4;;;;/h(H2,2,3,4);;;;1H2/q;3*+1;/p-3. The summed E-state index contributed by atoms with van der Waals surface area (Å²) in [6, 6.07) is 0. The summed E-state index contributed by atoms with van der Waals surface area (Å²) >= 11 is 0. The van der Waals surface area contributed by atoms with Crippen LogP contribution in [-0.4, -0.2) is 11.6 Å². The van der Waals surface area contributed by atoms with Crippen LogP contribution in [0, 0.1) is 0 Å². The van der Waals surface area contributed by atoms with E-state index < -0.39 is 6.16 Å². The van der Waals surface area contributed by atoms with Gasteiger partial charge in [0.15, 0.2) is 0 Å². The van der Waals surface area contributed by atoms with Crippen molar-refractivity contribution in [3.8, 4) is 0 Å². The van der Waals surface area contributed by atoms with Crippen LogP contribution in [0.3, 0.4) is 0 Å². The molecular formula is CHK3O4. The van der Waals surface area contributed by atoms with Crippen molar-refractivity contribution in [1.29, 1.82) is 0 Å². The van der Waals surface area contributed by atoms with Crippen molar-refractivity contribution >= 4 is 6.16 Å². The van der Waals surface area contributed by atoms with E-state index in [0.717, 1.165) is 0 Å². The molecule has 0 radical (unpaired) electrons. The summed E-state index contributed by atoms with van der Waals surface area (Å²) in [5.41, 5.74) is 0. The third-order valence-electron chi connectivity index (χ3n) is 0. The summed E-state index contributed by atoms with van der Waals surface area (Å²) in [7, 11) is 0. The van der Waals surface area contributed by atoms with Crippen LogP contribution >= 0.6 is 0 Å². The third-order valence-corrected chi connectivity index (χ3v) is 0. The Kier molecular flexibility index (Phi) is 83.0. The van der Waals surface area contributed by atoms with Crippen molar-refractivity contribution in [3.05, 3.63) is 0 Å². The van der Waals surface area contributed by atoms with Crippen LogP contribution in [0.1, 0.15) is 0 Å². The molecule has 0 aliphatic rings. The van der Waals surface area contributed by atoms with Crippen LogP contribution < -0.4 is 164 Å².